The summed E-state index contributed by atoms with van der Waals surface area (Å²) in [6.07, 6.45) is 2.97. The lowest BCUT2D eigenvalue weighted by Crippen LogP contribution is -2.32. The van der Waals surface area contributed by atoms with Crippen LogP contribution >= 0.6 is 11.3 Å². The molecule has 0 aromatic carbocycles. The Labute approximate surface area is 117 Å². The lowest BCUT2D eigenvalue weighted by Gasteiger charge is -2.22. The minimum atomic E-state index is -2.88. The van der Waals surface area contributed by atoms with Crippen LogP contribution in [0.2, 0.25) is 0 Å². The van der Waals surface area contributed by atoms with Crippen molar-refractivity contribution in [2.45, 2.75) is 37.8 Å². The van der Waals surface area contributed by atoms with Crippen molar-refractivity contribution >= 4 is 26.3 Å². The quantitative estimate of drug-likeness (QED) is 0.903. The van der Waals surface area contributed by atoms with Gasteiger partial charge in [-0.3, -0.25) is 0 Å². The molecule has 2 fully saturated rings. The molecule has 2 aliphatic rings. The maximum absolute atomic E-state index is 11.5. The van der Waals surface area contributed by atoms with E-state index in [4.69, 9.17) is 0 Å². The molecule has 5 nitrogen and oxygen atoms in total. The fraction of sp³-hybridized carbons (Fsp3) is 0.750. The molecule has 1 aliphatic carbocycles. The van der Waals surface area contributed by atoms with Crippen LogP contribution in [-0.2, 0) is 16.4 Å². The largest absolute Gasteiger partial charge is 0.391 e. The second-order valence-corrected chi connectivity index (χ2v) is 8.70. The summed E-state index contributed by atoms with van der Waals surface area (Å²) in [4.78, 5) is 7.53. The van der Waals surface area contributed by atoms with Crippen molar-refractivity contribution in [1.29, 1.82) is 0 Å². The molecule has 0 spiro atoms. The number of rotatable bonds is 4. The SMILES string of the molecule is CN(c1nc(C2CC2)c(CO)s1)C1CCS(=O)(=O)C1. The number of hydrogen-bond acceptors (Lipinski definition) is 6. The van der Waals surface area contributed by atoms with Crippen molar-refractivity contribution in [3.63, 3.8) is 0 Å². The third kappa shape index (κ3) is 2.64. The number of aromatic nitrogens is 1. The molecule has 1 saturated carbocycles. The fourth-order valence-corrected chi connectivity index (χ4v) is 5.34. The zero-order valence-electron chi connectivity index (χ0n) is 10.9. The van der Waals surface area contributed by atoms with Crippen molar-refractivity contribution in [2.24, 2.45) is 0 Å². The normalized spacial score (nSPS) is 25.7. The van der Waals surface area contributed by atoms with E-state index in [1.165, 1.54) is 11.3 Å². The monoisotopic (exact) mass is 302 g/mol. The Morgan fingerprint density at radius 3 is 2.68 bits per heavy atom. The molecule has 1 N–H and O–H groups in total. The van der Waals surface area contributed by atoms with Crippen LogP contribution in [0.25, 0.3) is 0 Å². The van der Waals surface area contributed by atoms with Crippen molar-refractivity contribution in [3.8, 4) is 0 Å². The van der Waals surface area contributed by atoms with Crippen LogP contribution in [0.15, 0.2) is 0 Å². The van der Waals surface area contributed by atoms with Gasteiger partial charge in [0, 0.05) is 19.0 Å². The van der Waals surface area contributed by atoms with E-state index in [0.717, 1.165) is 28.5 Å². The van der Waals surface area contributed by atoms with Crippen LogP contribution < -0.4 is 4.90 Å². The van der Waals surface area contributed by atoms with E-state index in [2.05, 4.69) is 4.98 Å². The van der Waals surface area contributed by atoms with E-state index < -0.39 is 9.84 Å². The van der Waals surface area contributed by atoms with Gasteiger partial charge in [0.05, 0.1) is 28.7 Å². The van der Waals surface area contributed by atoms with Gasteiger partial charge in [0.1, 0.15) is 0 Å². The van der Waals surface area contributed by atoms with Crippen molar-refractivity contribution < 1.29 is 13.5 Å². The molecule has 2 heterocycles. The molecule has 19 heavy (non-hydrogen) atoms. The third-order valence-electron chi connectivity index (χ3n) is 3.88. The first-order valence-electron chi connectivity index (χ1n) is 6.54. The first kappa shape index (κ1) is 13.3. The predicted molar refractivity (Wildman–Crippen MR) is 75.5 cm³/mol. The number of thiazole rings is 1. The first-order chi connectivity index (χ1) is 9.00. The lowest BCUT2D eigenvalue weighted by molar-refractivity contribution is 0.284. The minimum Gasteiger partial charge on any atom is -0.391 e. The number of hydrogen-bond donors (Lipinski definition) is 1. The molecule has 0 radical (unpaired) electrons. The summed E-state index contributed by atoms with van der Waals surface area (Å²) >= 11 is 1.49. The van der Waals surface area contributed by atoms with Crippen molar-refractivity contribution in [1.82, 2.24) is 4.98 Å². The van der Waals surface area contributed by atoms with Gasteiger partial charge in [0.15, 0.2) is 15.0 Å². The number of aliphatic hydroxyl groups is 1. The molecule has 106 valence electrons. The van der Waals surface area contributed by atoms with Gasteiger partial charge >= 0.3 is 0 Å². The Morgan fingerprint density at radius 1 is 1.42 bits per heavy atom. The van der Waals surface area contributed by atoms with E-state index in [-0.39, 0.29) is 24.2 Å². The Balaban J connectivity index is 1.82. The molecular formula is C12H18N2O3S2. The number of sulfone groups is 1. The van der Waals surface area contributed by atoms with Crippen LogP contribution in [-0.4, -0.2) is 43.1 Å². The van der Waals surface area contributed by atoms with Gasteiger partial charge in [-0.25, -0.2) is 13.4 Å². The van der Waals surface area contributed by atoms with Gasteiger partial charge in [-0.15, -0.1) is 0 Å². The molecule has 1 aromatic rings. The summed E-state index contributed by atoms with van der Waals surface area (Å²) in [5.74, 6) is 0.999. The van der Waals surface area contributed by atoms with Crippen LogP contribution in [0.3, 0.4) is 0 Å². The summed E-state index contributed by atoms with van der Waals surface area (Å²) in [7, 11) is -0.971. The molecule has 0 amide bonds. The summed E-state index contributed by atoms with van der Waals surface area (Å²) in [6, 6.07) is 0.0229. The van der Waals surface area contributed by atoms with Gasteiger partial charge < -0.3 is 10.0 Å². The zero-order valence-corrected chi connectivity index (χ0v) is 12.5. The van der Waals surface area contributed by atoms with E-state index in [0.29, 0.717) is 12.3 Å². The van der Waals surface area contributed by atoms with Crippen LogP contribution in [0.4, 0.5) is 5.13 Å². The number of anilines is 1. The Kier molecular flexibility index (Phi) is 3.31. The summed E-state index contributed by atoms with van der Waals surface area (Å²) in [5.41, 5.74) is 1.02. The Morgan fingerprint density at radius 2 is 2.16 bits per heavy atom. The third-order valence-corrected chi connectivity index (χ3v) is 6.78. The molecule has 3 rings (SSSR count). The van der Waals surface area contributed by atoms with Crippen LogP contribution in [0.1, 0.15) is 35.8 Å². The Bertz CT molecular complexity index is 578. The summed E-state index contributed by atoms with van der Waals surface area (Å²) in [6.45, 7) is 0.0281. The first-order valence-corrected chi connectivity index (χ1v) is 9.17. The van der Waals surface area contributed by atoms with E-state index in [1.54, 1.807) is 0 Å². The van der Waals surface area contributed by atoms with E-state index in [1.807, 2.05) is 11.9 Å². The highest BCUT2D eigenvalue weighted by molar-refractivity contribution is 7.91. The van der Waals surface area contributed by atoms with Gasteiger partial charge in [0.25, 0.3) is 0 Å². The fourth-order valence-electron chi connectivity index (χ4n) is 2.53. The highest BCUT2D eigenvalue weighted by Crippen LogP contribution is 2.44. The van der Waals surface area contributed by atoms with Crippen molar-refractivity contribution in [2.75, 3.05) is 23.5 Å². The summed E-state index contributed by atoms with van der Waals surface area (Å²) in [5, 5.41) is 10.2. The van der Waals surface area contributed by atoms with E-state index >= 15 is 0 Å². The molecule has 1 aromatic heterocycles. The van der Waals surface area contributed by atoms with Crippen LogP contribution in [0, 0.1) is 0 Å². The predicted octanol–water partition coefficient (Wildman–Crippen LogP) is 1.14. The second-order valence-electron chi connectivity index (χ2n) is 5.41. The standard InChI is InChI=1S/C12H18N2O3S2/c1-14(9-4-5-19(16,17)7-9)12-13-11(8-2-3-8)10(6-15)18-12/h8-9,15H,2-7H2,1H3. The Hall–Kier alpha value is -0.660. The lowest BCUT2D eigenvalue weighted by atomic mass is 10.2. The molecule has 1 unspecified atom stereocenters. The number of aliphatic hydroxyl groups excluding tert-OH is 1. The van der Waals surface area contributed by atoms with E-state index in [9.17, 15) is 13.5 Å². The highest BCUT2D eigenvalue weighted by atomic mass is 32.2. The van der Waals surface area contributed by atoms with Gasteiger partial charge in [-0.05, 0) is 19.3 Å². The average molecular weight is 302 g/mol. The highest BCUT2D eigenvalue weighted by Gasteiger charge is 2.34. The molecule has 1 atom stereocenters. The van der Waals surface area contributed by atoms with Gasteiger partial charge in [-0.2, -0.15) is 0 Å². The van der Waals surface area contributed by atoms with Gasteiger partial charge in [0.2, 0.25) is 0 Å². The molecule has 1 aliphatic heterocycles. The average Bonchev–Trinajstić information content (AvgIpc) is 3.02. The molecular weight excluding hydrogens is 284 g/mol. The van der Waals surface area contributed by atoms with Crippen LogP contribution in [0.5, 0.6) is 0 Å². The zero-order chi connectivity index (χ0) is 13.6. The topological polar surface area (TPSA) is 70.5 Å². The summed E-state index contributed by atoms with van der Waals surface area (Å²) < 4.78 is 23.1. The smallest absolute Gasteiger partial charge is 0.185 e. The second kappa shape index (κ2) is 4.71. The number of nitrogens with zero attached hydrogens (tertiary/aromatic N) is 2. The molecule has 1 saturated heterocycles. The van der Waals surface area contributed by atoms with Crippen molar-refractivity contribution in [3.05, 3.63) is 10.6 Å². The van der Waals surface area contributed by atoms with Gasteiger partial charge in [-0.1, -0.05) is 11.3 Å². The maximum atomic E-state index is 11.5. The molecule has 0 bridgehead atoms. The minimum absolute atomic E-state index is 0.0229. The maximum Gasteiger partial charge on any atom is 0.185 e. The molecule has 7 heteroatoms.